The van der Waals surface area contributed by atoms with E-state index in [9.17, 15) is 26.4 Å². The zero-order chi connectivity index (χ0) is 19.4. The van der Waals surface area contributed by atoms with Gasteiger partial charge in [-0.1, -0.05) is 12.1 Å². The van der Waals surface area contributed by atoms with Gasteiger partial charge in [0.1, 0.15) is 5.75 Å². The molecule has 5 nitrogen and oxygen atoms in total. The van der Waals surface area contributed by atoms with Crippen LogP contribution < -0.4 is 10.1 Å². The maximum Gasteiger partial charge on any atom is 0.422 e. The maximum absolute atomic E-state index is 12.1. The van der Waals surface area contributed by atoms with E-state index >= 15 is 0 Å². The fourth-order valence-corrected chi connectivity index (χ4v) is 2.86. The minimum Gasteiger partial charge on any atom is -0.484 e. The Hall–Kier alpha value is -2.55. The molecule has 0 aliphatic carbocycles. The molecular formula is C17H16F3NO4S. The van der Waals surface area contributed by atoms with Gasteiger partial charge in [0.25, 0.3) is 5.91 Å². The Morgan fingerprint density at radius 3 is 2.12 bits per heavy atom. The van der Waals surface area contributed by atoms with Crippen LogP contribution in [-0.4, -0.2) is 33.4 Å². The molecule has 0 saturated carbocycles. The van der Waals surface area contributed by atoms with Crippen molar-refractivity contribution in [3.8, 4) is 5.75 Å². The number of ether oxygens (including phenoxy) is 1. The van der Waals surface area contributed by atoms with Crippen molar-refractivity contribution in [1.29, 1.82) is 0 Å². The highest BCUT2D eigenvalue weighted by Gasteiger charge is 2.28. The maximum atomic E-state index is 12.1. The first-order valence-corrected chi connectivity index (χ1v) is 9.45. The number of rotatable bonds is 6. The Labute approximate surface area is 148 Å². The average Bonchev–Trinajstić information content (AvgIpc) is 2.52. The number of hydrogen-bond acceptors (Lipinski definition) is 4. The largest absolute Gasteiger partial charge is 0.484 e. The van der Waals surface area contributed by atoms with E-state index in [1.165, 1.54) is 36.4 Å². The second-order valence-corrected chi connectivity index (χ2v) is 7.79. The van der Waals surface area contributed by atoms with E-state index in [4.69, 9.17) is 0 Å². The highest BCUT2D eigenvalue weighted by molar-refractivity contribution is 7.89. The molecule has 0 aliphatic heterocycles. The molecule has 1 N–H and O–H groups in total. The first kappa shape index (κ1) is 19.8. The minimum absolute atomic E-state index is 0.0328. The number of amides is 1. The number of carbonyl (C=O) groups is 1. The van der Waals surface area contributed by atoms with Crippen LogP contribution in [0.4, 0.5) is 18.9 Å². The van der Waals surface area contributed by atoms with Crippen LogP contribution in [0.5, 0.6) is 5.75 Å². The summed E-state index contributed by atoms with van der Waals surface area (Å²) in [6.07, 6.45) is -3.30. The highest BCUT2D eigenvalue weighted by Crippen LogP contribution is 2.20. The monoisotopic (exact) mass is 387 g/mol. The number of anilines is 1. The number of sulfone groups is 1. The van der Waals surface area contributed by atoms with Gasteiger partial charge in [0, 0.05) is 17.5 Å². The molecule has 0 heterocycles. The molecule has 0 saturated heterocycles. The van der Waals surface area contributed by atoms with Gasteiger partial charge in [-0.3, -0.25) is 4.79 Å². The third-order valence-corrected chi connectivity index (χ3v) is 4.02. The normalized spacial score (nSPS) is 11.8. The van der Waals surface area contributed by atoms with Crippen LogP contribution in [0.1, 0.15) is 15.9 Å². The molecule has 2 aromatic carbocycles. The molecule has 0 fully saturated rings. The molecule has 2 rings (SSSR count). The van der Waals surface area contributed by atoms with E-state index in [1.807, 2.05) is 0 Å². The van der Waals surface area contributed by atoms with Crippen molar-refractivity contribution < 1.29 is 31.1 Å². The molecule has 0 radical (unpaired) electrons. The van der Waals surface area contributed by atoms with Gasteiger partial charge in [-0.25, -0.2) is 8.42 Å². The summed E-state index contributed by atoms with van der Waals surface area (Å²) in [5, 5.41) is 2.59. The van der Waals surface area contributed by atoms with Crippen molar-refractivity contribution in [2.45, 2.75) is 11.9 Å². The van der Waals surface area contributed by atoms with Crippen LogP contribution in [-0.2, 0) is 15.6 Å². The van der Waals surface area contributed by atoms with Crippen molar-refractivity contribution in [2.24, 2.45) is 0 Å². The number of alkyl halides is 3. The van der Waals surface area contributed by atoms with Gasteiger partial charge in [0.15, 0.2) is 16.4 Å². The molecule has 0 spiro atoms. The first-order chi connectivity index (χ1) is 12.0. The van der Waals surface area contributed by atoms with Gasteiger partial charge in [-0.2, -0.15) is 13.2 Å². The van der Waals surface area contributed by atoms with Crippen LogP contribution in [0, 0.1) is 0 Å². The zero-order valence-electron chi connectivity index (χ0n) is 13.7. The summed E-state index contributed by atoms with van der Waals surface area (Å²) in [7, 11) is -3.16. The molecule has 26 heavy (non-hydrogen) atoms. The van der Waals surface area contributed by atoms with Crippen LogP contribution in [0.2, 0.25) is 0 Å². The molecular weight excluding hydrogens is 371 g/mol. The van der Waals surface area contributed by atoms with Gasteiger partial charge >= 0.3 is 6.18 Å². The predicted molar refractivity (Wildman–Crippen MR) is 90.9 cm³/mol. The summed E-state index contributed by atoms with van der Waals surface area (Å²) in [4.78, 5) is 12.1. The second-order valence-electron chi connectivity index (χ2n) is 5.65. The van der Waals surface area contributed by atoms with Gasteiger partial charge in [-0.15, -0.1) is 0 Å². The number of halogens is 3. The Morgan fingerprint density at radius 2 is 1.62 bits per heavy atom. The van der Waals surface area contributed by atoms with Crippen LogP contribution >= 0.6 is 0 Å². The first-order valence-electron chi connectivity index (χ1n) is 7.39. The Morgan fingerprint density at radius 1 is 1.04 bits per heavy atom. The fraction of sp³-hybridized carbons (Fsp3) is 0.235. The van der Waals surface area contributed by atoms with Crippen molar-refractivity contribution in [3.63, 3.8) is 0 Å². The fourth-order valence-electron chi connectivity index (χ4n) is 2.06. The molecule has 0 bridgehead atoms. The van der Waals surface area contributed by atoms with Gasteiger partial charge in [0.05, 0.1) is 5.75 Å². The van der Waals surface area contributed by atoms with Gasteiger partial charge < -0.3 is 10.1 Å². The Bertz CT molecular complexity index is 860. The summed E-state index contributed by atoms with van der Waals surface area (Å²) in [5.41, 5.74) is 1.27. The van der Waals surface area contributed by atoms with E-state index in [0.29, 0.717) is 16.8 Å². The lowest BCUT2D eigenvalue weighted by Gasteiger charge is -2.10. The van der Waals surface area contributed by atoms with Crippen molar-refractivity contribution in [2.75, 3.05) is 18.2 Å². The molecule has 0 atom stereocenters. The number of hydrogen-bond donors (Lipinski definition) is 1. The van der Waals surface area contributed by atoms with E-state index in [0.717, 1.165) is 6.26 Å². The standard InChI is InChI=1S/C17H16F3NO4S/c1-26(23,24)10-12-2-4-13(5-3-12)16(22)21-14-6-8-15(9-7-14)25-11-17(18,19)20/h2-9H,10-11H2,1H3,(H,21,22). The molecule has 9 heteroatoms. The Kier molecular flexibility index (Phi) is 5.91. The molecule has 140 valence electrons. The van der Waals surface area contributed by atoms with Gasteiger partial charge in [-0.05, 0) is 42.0 Å². The van der Waals surface area contributed by atoms with Crippen molar-refractivity contribution >= 4 is 21.4 Å². The second kappa shape index (κ2) is 7.77. The average molecular weight is 387 g/mol. The lowest BCUT2D eigenvalue weighted by Crippen LogP contribution is -2.19. The molecule has 2 aromatic rings. The zero-order valence-corrected chi connectivity index (χ0v) is 14.5. The lowest BCUT2D eigenvalue weighted by atomic mass is 10.1. The summed E-state index contributed by atoms with van der Waals surface area (Å²) in [5.74, 6) is -0.515. The van der Waals surface area contributed by atoms with Crippen molar-refractivity contribution in [1.82, 2.24) is 0 Å². The molecule has 0 aromatic heterocycles. The molecule has 0 unspecified atom stereocenters. The SMILES string of the molecule is CS(=O)(=O)Cc1ccc(C(=O)Nc2ccc(OCC(F)(F)F)cc2)cc1. The predicted octanol–water partition coefficient (Wildman–Crippen LogP) is 3.42. The van der Waals surface area contributed by atoms with Crippen molar-refractivity contribution in [3.05, 3.63) is 59.7 Å². The van der Waals surface area contributed by atoms with E-state index < -0.39 is 28.5 Å². The lowest BCUT2D eigenvalue weighted by molar-refractivity contribution is -0.153. The van der Waals surface area contributed by atoms with E-state index in [-0.39, 0.29) is 11.5 Å². The molecule has 1 amide bonds. The smallest absolute Gasteiger partial charge is 0.422 e. The van der Waals surface area contributed by atoms with Crippen LogP contribution in [0.15, 0.2) is 48.5 Å². The summed E-state index contributed by atoms with van der Waals surface area (Å²) in [6.45, 7) is -1.39. The van der Waals surface area contributed by atoms with E-state index in [1.54, 1.807) is 12.1 Å². The Balaban J connectivity index is 1.97. The summed E-state index contributed by atoms with van der Waals surface area (Å²) < 4.78 is 63.3. The minimum atomic E-state index is -4.42. The van der Waals surface area contributed by atoms with Crippen LogP contribution in [0.3, 0.4) is 0 Å². The summed E-state index contributed by atoms with van der Waals surface area (Å²) >= 11 is 0. The van der Waals surface area contributed by atoms with Gasteiger partial charge in [0.2, 0.25) is 0 Å². The molecule has 0 aliphatic rings. The topological polar surface area (TPSA) is 72.5 Å². The highest BCUT2D eigenvalue weighted by atomic mass is 32.2. The third-order valence-electron chi connectivity index (χ3n) is 3.16. The third kappa shape index (κ3) is 6.75. The summed E-state index contributed by atoms with van der Waals surface area (Å²) in [6, 6.07) is 11.6. The van der Waals surface area contributed by atoms with Crippen LogP contribution in [0.25, 0.3) is 0 Å². The number of carbonyl (C=O) groups excluding carboxylic acids is 1. The van der Waals surface area contributed by atoms with E-state index in [2.05, 4.69) is 10.1 Å². The number of benzene rings is 2. The number of nitrogens with one attached hydrogen (secondary N) is 1. The quantitative estimate of drug-likeness (QED) is 0.824.